The van der Waals surface area contributed by atoms with Crippen LogP contribution in [0.3, 0.4) is 0 Å². The smallest absolute Gasteiger partial charge is 0.255 e. The number of anilines is 1. The summed E-state index contributed by atoms with van der Waals surface area (Å²) in [6.45, 7) is 4.74. The molecule has 4 heteroatoms. The predicted octanol–water partition coefficient (Wildman–Crippen LogP) is 3.78. The lowest BCUT2D eigenvalue weighted by molar-refractivity contribution is 0.0952. The molecule has 0 saturated carbocycles. The predicted molar refractivity (Wildman–Crippen MR) is 92.8 cm³/mol. The fraction of sp³-hybridized carbons (Fsp3) is 0.263. The van der Waals surface area contributed by atoms with E-state index in [1.807, 2.05) is 19.1 Å². The normalized spacial score (nSPS) is 10.2. The summed E-state index contributed by atoms with van der Waals surface area (Å²) in [6.07, 6.45) is 2.01. The van der Waals surface area contributed by atoms with E-state index in [4.69, 9.17) is 0 Å². The Morgan fingerprint density at radius 2 is 1.43 bits per heavy atom. The fourth-order valence-electron chi connectivity index (χ4n) is 2.09. The van der Waals surface area contributed by atoms with E-state index >= 15 is 0 Å². The average Bonchev–Trinajstić information content (AvgIpc) is 2.56. The average molecular weight is 310 g/mol. The molecule has 2 N–H and O–H groups in total. The Labute approximate surface area is 136 Å². The number of carbonyl (C=O) groups excluding carboxylic acids is 2. The van der Waals surface area contributed by atoms with Gasteiger partial charge in [0, 0.05) is 23.4 Å². The van der Waals surface area contributed by atoms with Gasteiger partial charge in [0.25, 0.3) is 11.8 Å². The van der Waals surface area contributed by atoms with Crippen LogP contribution in [0.25, 0.3) is 0 Å². The molecular weight excluding hydrogens is 288 g/mol. The molecule has 0 aliphatic rings. The number of benzene rings is 2. The molecule has 2 amide bonds. The molecule has 0 fully saturated rings. The van der Waals surface area contributed by atoms with Gasteiger partial charge in [-0.15, -0.1) is 0 Å². The van der Waals surface area contributed by atoms with E-state index in [-0.39, 0.29) is 11.8 Å². The van der Waals surface area contributed by atoms with Crippen LogP contribution in [-0.4, -0.2) is 18.4 Å². The maximum Gasteiger partial charge on any atom is 0.255 e. The number of unbranched alkanes of at least 4 members (excludes halogenated alkanes) is 1. The largest absolute Gasteiger partial charge is 0.352 e. The standard InChI is InChI=1S/C19H22N2O2/c1-3-4-13-20-18(22)15-9-11-17(12-10-15)21-19(23)16-7-5-14(2)6-8-16/h5-12H,3-4,13H2,1-2H3,(H,20,22)(H,21,23). The first-order valence-electron chi connectivity index (χ1n) is 7.86. The van der Waals surface area contributed by atoms with Crippen LogP contribution in [0.4, 0.5) is 5.69 Å². The lowest BCUT2D eigenvalue weighted by atomic mass is 10.1. The zero-order valence-electron chi connectivity index (χ0n) is 13.6. The molecule has 0 aromatic heterocycles. The van der Waals surface area contributed by atoms with E-state index in [0.29, 0.717) is 23.4 Å². The number of aryl methyl sites for hydroxylation is 1. The molecule has 4 nitrogen and oxygen atoms in total. The van der Waals surface area contributed by atoms with Gasteiger partial charge in [-0.2, -0.15) is 0 Å². The van der Waals surface area contributed by atoms with Gasteiger partial charge in [-0.05, 0) is 49.7 Å². The molecule has 0 saturated heterocycles. The molecule has 0 radical (unpaired) electrons. The molecule has 0 bridgehead atoms. The maximum absolute atomic E-state index is 12.1. The molecule has 0 heterocycles. The summed E-state index contributed by atoms with van der Waals surface area (Å²) in [7, 11) is 0. The zero-order valence-corrected chi connectivity index (χ0v) is 13.6. The molecule has 0 spiro atoms. The summed E-state index contributed by atoms with van der Waals surface area (Å²) in [6, 6.07) is 14.3. The minimum absolute atomic E-state index is 0.0881. The third-order valence-corrected chi connectivity index (χ3v) is 3.53. The molecule has 0 aliphatic carbocycles. The van der Waals surface area contributed by atoms with Gasteiger partial charge < -0.3 is 10.6 Å². The topological polar surface area (TPSA) is 58.2 Å². The van der Waals surface area contributed by atoms with E-state index in [1.54, 1.807) is 36.4 Å². The summed E-state index contributed by atoms with van der Waals surface area (Å²) in [5, 5.41) is 5.69. The van der Waals surface area contributed by atoms with Crippen LogP contribution in [-0.2, 0) is 0 Å². The van der Waals surface area contributed by atoms with Gasteiger partial charge >= 0.3 is 0 Å². The van der Waals surface area contributed by atoms with Gasteiger partial charge in [-0.1, -0.05) is 31.0 Å². The molecule has 0 atom stereocenters. The minimum Gasteiger partial charge on any atom is -0.352 e. The van der Waals surface area contributed by atoms with Gasteiger partial charge in [-0.25, -0.2) is 0 Å². The number of nitrogens with one attached hydrogen (secondary N) is 2. The highest BCUT2D eigenvalue weighted by molar-refractivity contribution is 6.04. The number of hydrogen-bond acceptors (Lipinski definition) is 2. The molecule has 0 aliphatic heterocycles. The monoisotopic (exact) mass is 310 g/mol. The molecule has 23 heavy (non-hydrogen) atoms. The lowest BCUT2D eigenvalue weighted by Gasteiger charge is -2.07. The SMILES string of the molecule is CCCCNC(=O)c1ccc(NC(=O)c2ccc(C)cc2)cc1. The molecule has 2 aromatic rings. The lowest BCUT2D eigenvalue weighted by Crippen LogP contribution is -2.24. The Hall–Kier alpha value is -2.62. The quantitative estimate of drug-likeness (QED) is 0.798. The van der Waals surface area contributed by atoms with Crippen molar-refractivity contribution in [3.05, 3.63) is 65.2 Å². The van der Waals surface area contributed by atoms with Crippen molar-refractivity contribution in [2.75, 3.05) is 11.9 Å². The molecule has 2 rings (SSSR count). The summed E-state index contributed by atoms with van der Waals surface area (Å²) in [4.78, 5) is 24.0. The van der Waals surface area contributed by atoms with Crippen molar-refractivity contribution in [2.45, 2.75) is 26.7 Å². The fourth-order valence-corrected chi connectivity index (χ4v) is 2.09. The van der Waals surface area contributed by atoms with Crippen LogP contribution in [0.5, 0.6) is 0 Å². The number of carbonyl (C=O) groups is 2. The van der Waals surface area contributed by atoms with Crippen molar-refractivity contribution in [1.82, 2.24) is 5.32 Å². The Balaban J connectivity index is 1.95. The van der Waals surface area contributed by atoms with Crippen LogP contribution >= 0.6 is 0 Å². The first-order chi connectivity index (χ1) is 11.1. The van der Waals surface area contributed by atoms with Crippen LogP contribution in [0.1, 0.15) is 46.0 Å². The van der Waals surface area contributed by atoms with Gasteiger partial charge in [0.2, 0.25) is 0 Å². The number of hydrogen-bond donors (Lipinski definition) is 2. The first-order valence-corrected chi connectivity index (χ1v) is 7.86. The maximum atomic E-state index is 12.1. The number of amides is 2. The van der Waals surface area contributed by atoms with E-state index < -0.39 is 0 Å². The highest BCUT2D eigenvalue weighted by Crippen LogP contribution is 2.12. The Morgan fingerprint density at radius 3 is 2.04 bits per heavy atom. The van der Waals surface area contributed by atoms with Crippen LogP contribution in [0, 0.1) is 6.92 Å². The van der Waals surface area contributed by atoms with Gasteiger partial charge in [0.05, 0.1) is 0 Å². The van der Waals surface area contributed by atoms with E-state index in [0.717, 1.165) is 18.4 Å². The summed E-state index contributed by atoms with van der Waals surface area (Å²) in [5.41, 5.74) is 2.98. The summed E-state index contributed by atoms with van der Waals surface area (Å²) < 4.78 is 0. The third kappa shape index (κ3) is 4.95. The van der Waals surface area contributed by atoms with E-state index in [9.17, 15) is 9.59 Å². The number of rotatable bonds is 6. The minimum atomic E-state index is -0.162. The van der Waals surface area contributed by atoms with Crippen LogP contribution in [0.15, 0.2) is 48.5 Å². The van der Waals surface area contributed by atoms with Crippen molar-refractivity contribution >= 4 is 17.5 Å². The second kappa shape index (κ2) is 8.13. The van der Waals surface area contributed by atoms with Crippen molar-refractivity contribution < 1.29 is 9.59 Å². The van der Waals surface area contributed by atoms with Gasteiger partial charge in [-0.3, -0.25) is 9.59 Å². The van der Waals surface area contributed by atoms with E-state index in [2.05, 4.69) is 17.6 Å². The Morgan fingerprint density at radius 1 is 0.870 bits per heavy atom. The molecule has 2 aromatic carbocycles. The second-order valence-corrected chi connectivity index (χ2v) is 5.51. The Kier molecular flexibility index (Phi) is 5.92. The molecular formula is C19H22N2O2. The summed E-state index contributed by atoms with van der Waals surface area (Å²) >= 11 is 0. The van der Waals surface area contributed by atoms with Crippen molar-refractivity contribution in [3.8, 4) is 0 Å². The Bertz CT molecular complexity index is 661. The van der Waals surface area contributed by atoms with Gasteiger partial charge in [0.15, 0.2) is 0 Å². The van der Waals surface area contributed by atoms with Crippen LogP contribution in [0.2, 0.25) is 0 Å². The molecule has 0 unspecified atom stereocenters. The summed E-state index contributed by atoms with van der Waals surface area (Å²) in [5.74, 6) is -0.250. The molecule has 120 valence electrons. The first kappa shape index (κ1) is 16.7. The second-order valence-electron chi connectivity index (χ2n) is 5.51. The van der Waals surface area contributed by atoms with Crippen LogP contribution < -0.4 is 10.6 Å². The highest BCUT2D eigenvalue weighted by atomic mass is 16.2. The van der Waals surface area contributed by atoms with Crippen molar-refractivity contribution in [1.29, 1.82) is 0 Å². The third-order valence-electron chi connectivity index (χ3n) is 3.53. The highest BCUT2D eigenvalue weighted by Gasteiger charge is 2.07. The van der Waals surface area contributed by atoms with Crippen molar-refractivity contribution in [2.24, 2.45) is 0 Å². The van der Waals surface area contributed by atoms with E-state index in [1.165, 1.54) is 0 Å². The van der Waals surface area contributed by atoms with Crippen molar-refractivity contribution in [3.63, 3.8) is 0 Å². The zero-order chi connectivity index (χ0) is 16.7. The van der Waals surface area contributed by atoms with Gasteiger partial charge in [0.1, 0.15) is 0 Å².